The average molecular weight is 277 g/mol. The SMILES string of the molecule is CC(C)CNCc1ccc(Sc2ncnn2C)nc1. The lowest BCUT2D eigenvalue weighted by atomic mass is 10.2. The van der Waals surface area contributed by atoms with Gasteiger partial charge in [-0.25, -0.2) is 14.6 Å². The molecule has 2 rings (SSSR count). The maximum Gasteiger partial charge on any atom is 0.192 e. The molecule has 19 heavy (non-hydrogen) atoms. The molecule has 0 bridgehead atoms. The van der Waals surface area contributed by atoms with Gasteiger partial charge in [0, 0.05) is 19.8 Å². The van der Waals surface area contributed by atoms with Crippen molar-refractivity contribution in [2.45, 2.75) is 30.6 Å². The molecule has 0 atom stereocenters. The summed E-state index contributed by atoms with van der Waals surface area (Å²) in [5.41, 5.74) is 1.20. The van der Waals surface area contributed by atoms with E-state index in [0.717, 1.165) is 23.3 Å². The highest BCUT2D eigenvalue weighted by Gasteiger charge is 2.04. The molecule has 0 unspecified atom stereocenters. The molecule has 5 nitrogen and oxygen atoms in total. The van der Waals surface area contributed by atoms with Gasteiger partial charge in [-0.05, 0) is 35.9 Å². The van der Waals surface area contributed by atoms with Crippen LogP contribution in [0.25, 0.3) is 0 Å². The number of rotatable bonds is 6. The summed E-state index contributed by atoms with van der Waals surface area (Å²) in [5, 5.41) is 9.22. The van der Waals surface area contributed by atoms with Gasteiger partial charge in [0.25, 0.3) is 0 Å². The summed E-state index contributed by atoms with van der Waals surface area (Å²) < 4.78 is 1.74. The second-order valence-corrected chi connectivity index (χ2v) is 5.79. The van der Waals surface area contributed by atoms with Crippen LogP contribution in [0.4, 0.5) is 0 Å². The number of hydrogen-bond donors (Lipinski definition) is 1. The first-order valence-corrected chi connectivity index (χ1v) is 7.14. The molecule has 2 aromatic rings. The molecule has 0 aliphatic carbocycles. The van der Waals surface area contributed by atoms with Gasteiger partial charge < -0.3 is 5.32 Å². The molecule has 0 spiro atoms. The van der Waals surface area contributed by atoms with Crippen molar-refractivity contribution in [3.05, 3.63) is 30.2 Å². The van der Waals surface area contributed by atoms with Crippen LogP contribution in [-0.2, 0) is 13.6 Å². The fraction of sp³-hybridized carbons (Fsp3) is 0.462. The molecule has 0 aromatic carbocycles. The molecular formula is C13H19N5S. The highest BCUT2D eigenvalue weighted by Crippen LogP contribution is 2.22. The Morgan fingerprint density at radius 1 is 1.32 bits per heavy atom. The van der Waals surface area contributed by atoms with Crippen molar-refractivity contribution < 1.29 is 0 Å². The third kappa shape index (κ3) is 4.33. The van der Waals surface area contributed by atoms with Crippen LogP contribution in [0.5, 0.6) is 0 Å². The van der Waals surface area contributed by atoms with Gasteiger partial charge in [0.15, 0.2) is 5.16 Å². The van der Waals surface area contributed by atoms with Crippen LogP contribution in [0.15, 0.2) is 34.8 Å². The highest BCUT2D eigenvalue weighted by atomic mass is 32.2. The van der Waals surface area contributed by atoms with Gasteiger partial charge in [0.1, 0.15) is 11.4 Å². The summed E-state index contributed by atoms with van der Waals surface area (Å²) in [6.45, 7) is 6.29. The average Bonchev–Trinajstić information content (AvgIpc) is 2.77. The van der Waals surface area contributed by atoms with E-state index in [9.17, 15) is 0 Å². The maximum absolute atomic E-state index is 4.43. The quantitative estimate of drug-likeness (QED) is 0.876. The van der Waals surface area contributed by atoms with Crippen LogP contribution in [0, 0.1) is 5.92 Å². The third-order valence-electron chi connectivity index (χ3n) is 2.55. The first-order valence-electron chi connectivity index (χ1n) is 6.32. The van der Waals surface area contributed by atoms with Crippen LogP contribution in [0.2, 0.25) is 0 Å². The van der Waals surface area contributed by atoms with E-state index >= 15 is 0 Å². The lowest BCUT2D eigenvalue weighted by molar-refractivity contribution is 0.551. The first kappa shape index (κ1) is 14.0. The molecule has 0 aliphatic heterocycles. The van der Waals surface area contributed by atoms with E-state index in [2.05, 4.69) is 40.3 Å². The zero-order chi connectivity index (χ0) is 13.7. The Balaban J connectivity index is 1.89. The Labute approximate surface area is 117 Å². The molecule has 102 valence electrons. The molecular weight excluding hydrogens is 258 g/mol. The van der Waals surface area contributed by atoms with Crippen LogP contribution >= 0.6 is 11.8 Å². The van der Waals surface area contributed by atoms with Crippen molar-refractivity contribution >= 4 is 11.8 Å². The summed E-state index contributed by atoms with van der Waals surface area (Å²) in [4.78, 5) is 8.60. The van der Waals surface area contributed by atoms with Gasteiger partial charge in [0.05, 0.1) is 0 Å². The summed E-state index contributed by atoms with van der Waals surface area (Å²) >= 11 is 1.52. The minimum Gasteiger partial charge on any atom is -0.312 e. The van der Waals surface area contributed by atoms with Crippen LogP contribution in [-0.4, -0.2) is 26.3 Å². The normalized spacial score (nSPS) is 11.2. The van der Waals surface area contributed by atoms with Crippen LogP contribution in [0.1, 0.15) is 19.4 Å². The van der Waals surface area contributed by atoms with Gasteiger partial charge in [-0.2, -0.15) is 5.10 Å². The monoisotopic (exact) mass is 277 g/mol. The fourth-order valence-corrected chi connectivity index (χ4v) is 2.26. The summed E-state index contributed by atoms with van der Waals surface area (Å²) in [6, 6.07) is 4.12. The van der Waals surface area contributed by atoms with E-state index in [0.29, 0.717) is 5.92 Å². The fourth-order valence-electron chi connectivity index (χ4n) is 1.55. The van der Waals surface area contributed by atoms with E-state index in [-0.39, 0.29) is 0 Å². The molecule has 0 radical (unpaired) electrons. The predicted molar refractivity (Wildman–Crippen MR) is 75.9 cm³/mol. The third-order valence-corrected chi connectivity index (χ3v) is 3.55. The van der Waals surface area contributed by atoms with Crippen molar-refractivity contribution in [1.82, 2.24) is 25.1 Å². The van der Waals surface area contributed by atoms with Gasteiger partial charge in [-0.1, -0.05) is 19.9 Å². The number of nitrogens with one attached hydrogen (secondary N) is 1. The predicted octanol–water partition coefficient (Wildman–Crippen LogP) is 2.11. The molecule has 6 heteroatoms. The first-order chi connectivity index (χ1) is 9.15. The Hall–Kier alpha value is -1.40. The number of pyridine rings is 1. The van der Waals surface area contributed by atoms with Crippen LogP contribution < -0.4 is 5.32 Å². The van der Waals surface area contributed by atoms with E-state index < -0.39 is 0 Å². The summed E-state index contributed by atoms with van der Waals surface area (Å²) in [5.74, 6) is 0.665. The molecule has 2 aromatic heterocycles. The molecule has 0 aliphatic rings. The Morgan fingerprint density at radius 2 is 2.16 bits per heavy atom. The Kier molecular flexibility index (Phi) is 4.93. The van der Waals surface area contributed by atoms with E-state index in [1.807, 2.05) is 19.3 Å². The topological polar surface area (TPSA) is 55.6 Å². The number of aryl methyl sites for hydroxylation is 1. The smallest absolute Gasteiger partial charge is 0.192 e. The van der Waals surface area contributed by atoms with Crippen molar-refractivity contribution in [3.63, 3.8) is 0 Å². The molecule has 0 saturated heterocycles. The molecule has 0 amide bonds. The highest BCUT2D eigenvalue weighted by molar-refractivity contribution is 7.99. The second-order valence-electron chi connectivity index (χ2n) is 4.80. The second kappa shape index (κ2) is 6.68. The van der Waals surface area contributed by atoms with Gasteiger partial charge >= 0.3 is 0 Å². The lowest BCUT2D eigenvalue weighted by Gasteiger charge is -2.07. The van der Waals surface area contributed by atoms with Crippen molar-refractivity contribution in [3.8, 4) is 0 Å². The van der Waals surface area contributed by atoms with E-state index in [1.54, 1.807) is 11.0 Å². The molecule has 0 saturated carbocycles. The molecule has 0 fully saturated rings. The Bertz CT molecular complexity index is 506. The lowest BCUT2D eigenvalue weighted by Crippen LogP contribution is -2.18. The molecule has 1 N–H and O–H groups in total. The van der Waals surface area contributed by atoms with Crippen molar-refractivity contribution in [1.29, 1.82) is 0 Å². The summed E-state index contributed by atoms with van der Waals surface area (Å²) in [6.07, 6.45) is 3.46. The zero-order valence-electron chi connectivity index (χ0n) is 11.5. The van der Waals surface area contributed by atoms with Gasteiger partial charge in [-0.3, -0.25) is 0 Å². The van der Waals surface area contributed by atoms with Crippen LogP contribution in [0.3, 0.4) is 0 Å². The van der Waals surface area contributed by atoms with E-state index in [4.69, 9.17) is 0 Å². The van der Waals surface area contributed by atoms with Gasteiger partial charge in [0.2, 0.25) is 0 Å². The Morgan fingerprint density at radius 3 is 2.74 bits per heavy atom. The standard InChI is InChI=1S/C13H19N5S/c1-10(2)6-14-7-11-4-5-12(15-8-11)19-13-16-9-17-18(13)3/h4-5,8-10,14H,6-7H2,1-3H3. The van der Waals surface area contributed by atoms with E-state index in [1.165, 1.54) is 17.3 Å². The number of nitrogens with zero attached hydrogens (tertiary/aromatic N) is 4. The largest absolute Gasteiger partial charge is 0.312 e. The minimum atomic E-state index is 0.665. The summed E-state index contributed by atoms with van der Waals surface area (Å²) in [7, 11) is 1.87. The van der Waals surface area contributed by atoms with Crippen molar-refractivity contribution in [2.75, 3.05) is 6.54 Å². The van der Waals surface area contributed by atoms with Gasteiger partial charge in [-0.15, -0.1) is 0 Å². The minimum absolute atomic E-state index is 0.665. The number of aromatic nitrogens is 4. The zero-order valence-corrected chi connectivity index (χ0v) is 12.3. The van der Waals surface area contributed by atoms with Crippen molar-refractivity contribution in [2.24, 2.45) is 13.0 Å². The molecule has 2 heterocycles. The number of hydrogen-bond acceptors (Lipinski definition) is 5. The maximum atomic E-state index is 4.43.